The predicted molar refractivity (Wildman–Crippen MR) is 64.9 cm³/mol. The normalized spacial score (nSPS) is 10.8. The van der Waals surface area contributed by atoms with Crippen molar-refractivity contribution in [3.05, 3.63) is 11.4 Å². The van der Waals surface area contributed by atoms with Crippen LogP contribution in [0.25, 0.3) is 0 Å². The van der Waals surface area contributed by atoms with Crippen LogP contribution >= 0.6 is 11.8 Å². The van der Waals surface area contributed by atoms with E-state index < -0.39 is 0 Å². The van der Waals surface area contributed by atoms with Gasteiger partial charge in [0.15, 0.2) is 0 Å². The highest BCUT2D eigenvalue weighted by Crippen LogP contribution is 2.25. The molecule has 1 rings (SSSR count). The molecule has 0 aliphatic heterocycles. The first kappa shape index (κ1) is 12.3. The minimum Gasteiger partial charge on any atom is -0.308 e. The summed E-state index contributed by atoms with van der Waals surface area (Å²) >= 11 is 1.75. The Balaban J connectivity index is 2.91. The molecule has 4 nitrogen and oxygen atoms in total. The molecule has 84 valence electrons. The highest BCUT2D eigenvalue weighted by atomic mass is 32.2. The second kappa shape index (κ2) is 5.32. The van der Waals surface area contributed by atoms with Gasteiger partial charge in [-0.05, 0) is 19.8 Å². The van der Waals surface area contributed by atoms with Gasteiger partial charge in [-0.2, -0.15) is 0 Å². The molecule has 0 radical (unpaired) electrons. The lowest BCUT2D eigenvalue weighted by Gasteiger charge is -2.10. The fourth-order valence-corrected chi connectivity index (χ4v) is 2.13. The molecule has 1 heterocycles. The number of hydrazine groups is 1. The van der Waals surface area contributed by atoms with E-state index in [1.165, 1.54) is 0 Å². The number of anilines is 1. The first-order valence-corrected chi connectivity index (χ1v) is 5.97. The Morgan fingerprint density at radius 1 is 1.33 bits per heavy atom. The van der Waals surface area contributed by atoms with Crippen LogP contribution in [0.1, 0.15) is 25.2 Å². The van der Waals surface area contributed by atoms with Crippen molar-refractivity contribution in [2.45, 2.75) is 32.7 Å². The third-order valence-corrected chi connectivity index (χ3v) is 3.41. The zero-order chi connectivity index (χ0) is 11.4. The number of hydrogen-bond donors (Lipinski definition) is 2. The third-order valence-electron chi connectivity index (χ3n) is 1.90. The number of aromatic nitrogens is 2. The average Bonchev–Trinajstić information content (AvgIpc) is 2.18. The molecule has 3 N–H and O–H groups in total. The topological polar surface area (TPSA) is 63.8 Å². The van der Waals surface area contributed by atoms with Crippen molar-refractivity contribution in [3.8, 4) is 0 Å². The molecular formula is C10H18N4S. The number of nitrogen functional groups attached to an aromatic ring is 1. The fourth-order valence-electron chi connectivity index (χ4n) is 1.13. The standard InChI is InChI=1S/C10H18N4S/c1-6(2)5-15-10-7(3)9(14-11)12-8(4)13-10/h6H,5,11H2,1-4H3,(H,12,13,14). The van der Waals surface area contributed by atoms with Crippen molar-refractivity contribution in [3.63, 3.8) is 0 Å². The molecule has 0 amide bonds. The van der Waals surface area contributed by atoms with Crippen molar-refractivity contribution in [1.82, 2.24) is 9.97 Å². The van der Waals surface area contributed by atoms with Crippen LogP contribution in [0.2, 0.25) is 0 Å². The molecule has 0 aliphatic rings. The van der Waals surface area contributed by atoms with E-state index in [9.17, 15) is 0 Å². The van der Waals surface area contributed by atoms with Gasteiger partial charge in [0.2, 0.25) is 0 Å². The van der Waals surface area contributed by atoms with E-state index in [2.05, 4.69) is 29.2 Å². The molecule has 1 aromatic rings. The second-order valence-electron chi connectivity index (χ2n) is 3.90. The lowest BCUT2D eigenvalue weighted by Crippen LogP contribution is -2.12. The van der Waals surface area contributed by atoms with Gasteiger partial charge in [-0.25, -0.2) is 15.8 Å². The van der Waals surface area contributed by atoms with E-state index in [-0.39, 0.29) is 0 Å². The Morgan fingerprint density at radius 3 is 2.53 bits per heavy atom. The molecule has 15 heavy (non-hydrogen) atoms. The maximum absolute atomic E-state index is 5.39. The predicted octanol–water partition coefficient (Wildman–Crippen LogP) is 2.13. The summed E-state index contributed by atoms with van der Waals surface area (Å²) in [6.07, 6.45) is 0. The van der Waals surface area contributed by atoms with Crippen LogP contribution in [0, 0.1) is 19.8 Å². The van der Waals surface area contributed by atoms with E-state index in [0.29, 0.717) is 11.7 Å². The number of thioether (sulfide) groups is 1. The summed E-state index contributed by atoms with van der Waals surface area (Å²) in [5.74, 6) is 8.57. The van der Waals surface area contributed by atoms with Crippen LogP contribution in [-0.4, -0.2) is 15.7 Å². The second-order valence-corrected chi connectivity index (χ2v) is 4.91. The molecular weight excluding hydrogens is 208 g/mol. The summed E-state index contributed by atoms with van der Waals surface area (Å²) in [6.45, 7) is 8.24. The van der Waals surface area contributed by atoms with Crippen LogP contribution in [0.4, 0.5) is 5.82 Å². The summed E-state index contributed by atoms with van der Waals surface area (Å²) in [6, 6.07) is 0. The Kier molecular flexibility index (Phi) is 4.35. The van der Waals surface area contributed by atoms with Crippen molar-refractivity contribution >= 4 is 17.6 Å². The minimum atomic E-state index is 0.652. The van der Waals surface area contributed by atoms with Gasteiger partial charge in [0, 0.05) is 11.3 Å². The Bertz CT molecular complexity index is 338. The molecule has 0 saturated carbocycles. The van der Waals surface area contributed by atoms with Crippen molar-refractivity contribution in [2.75, 3.05) is 11.2 Å². The van der Waals surface area contributed by atoms with Gasteiger partial charge in [0.25, 0.3) is 0 Å². The highest BCUT2D eigenvalue weighted by molar-refractivity contribution is 7.99. The van der Waals surface area contributed by atoms with Gasteiger partial charge in [0.1, 0.15) is 16.7 Å². The smallest absolute Gasteiger partial charge is 0.147 e. The van der Waals surface area contributed by atoms with E-state index in [1.54, 1.807) is 11.8 Å². The van der Waals surface area contributed by atoms with Gasteiger partial charge < -0.3 is 5.43 Å². The summed E-state index contributed by atoms with van der Waals surface area (Å²) < 4.78 is 0. The van der Waals surface area contributed by atoms with Crippen molar-refractivity contribution in [2.24, 2.45) is 11.8 Å². The first-order valence-electron chi connectivity index (χ1n) is 4.99. The number of hydrogen-bond acceptors (Lipinski definition) is 5. The number of rotatable bonds is 4. The van der Waals surface area contributed by atoms with Gasteiger partial charge in [-0.15, -0.1) is 11.8 Å². The quantitative estimate of drug-likeness (QED) is 0.356. The van der Waals surface area contributed by atoms with E-state index >= 15 is 0 Å². The number of nitrogens with one attached hydrogen (secondary N) is 1. The molecule has 0 saturated heterocycles. The van der Waals surface area contributed by atoms with E-state index in [0.717, 1.165) is 22.2 Å². The zero-order valence-corrected chi connectivity index (χ0v) is 10.5. The SMILES string of the molecule is Cc1nc(NN)c(C)c(SCC(C)C)n1. The van der Waals surface area contributed by atoms with Gasteiger partial charge in [-0.3, -0.25) is 0 Å². The molecule has 0 atom stereocenters. The Morgan fingerprint density at radius 2 is 2.00 bits per heavy atom. The summed E-state index contributed by atoms with van der Waals surface area (Å²) in [7, 11) is 0. The van der Waals surface area contributed by atoms with Crippen molar-refractivity contribution < 1.29 is 0 Å². The monoisotopic (exact) mass is 226 g/mol. The lowest BCUT2D eigenvalue weighted by atomic mass is 10.3. The van der Waals surface area contributed by atoms with Gasteiger partial charge >= 0.3 is 0 Å². The molecule has 0 aliphatic carbocycles. The van der Waals surface area contributed by atoms with E-state index in [1.807, 2.05) is 13.8 Å². The van der Waals surface area contributed by atoms with Crippen molar-refractivity contribution in [1.29, 1.82) is 0 Å². The van der Waals surface area contributed by atoms with Crippen LogP contribution in [0.3, 0.4) is 0 Å². The summed E-state index contributed by atoms with van der Waals surface area (Å²) in [4.78, 5) is 8.63. The molecule has 1 aromatic heterocycles. The van der Waals surface area contributed by atoms with Gasteiger partial charge in [0.05, 0.1) is 0 Å². The molecule has 0 bridgehead atoms. The average molecular weight is 226 g/mol. The maximum Gasteiger partial charge on any atom is 0.147 e. The molecule has 0 unspecified atom stereocenters. The summed E-state index contributed by atoms with van der Waals surface area (Å²) in [5.41, 5.74) is 3.62. The highest BCUT2D eigenvalue weighted by Gasteiger charge is 2.09. The maximum atomic E-state index is 5.39. The Labute approximate surface area is 95.0 Å². The minimum absolute atomic E-state index is 0.652. The molecule has 0 aromatic carbocycles. The van der Waals surface area contributed by atoms with Gasteiger partial charge in [-0.1, -0.05) is 13.8 Å². The number of nitrogens with zero attached hydrogens (tertiary/aromatic N) is 2. The van der Waals surface area contributed by atoms with Crippen LogP contribution in [0.5, 0.6) is 0 Å². The Hall–Kier alpha value is -0.810. The molecule has 5 heteroatoms. The number of nitrogens with two attached hydrogens (primary N) is 1. The van der Waals surface area contributed by atoms with Crippen LogP contribution in [-0.2, 0) is 0 Å². The first-order chi connectivity index (χ1) is 7.04. The lowest BCUT2D eigenvalue weighted by molar-refractivity contribution is 0.748. The van der Waals surface area contributed by atoms with Crippen LogP contribution < -0.4 is 11.3 Å². The summed E-state index contributed by atoms with van der Waals surface area (Å²) in [5, 5.41) is 1.02. The third kappa shape index (κ3) is 3.35. The largest absolute Gasteiger partial charge is 0.308 e. The van der Waals surface area contributed by atoms with E-state index in [4.69, 9.17) is 5.84 Å². The number of aryl methyl sites for hydroxylation is 1. The fraction of sp³-hybridized carbons (Fsp3) is 0.600. The zero-order valence-electron chi connectivity index (χ0n) is 9.66. The van der Waals surface area contributed by atoms with Crippen LogP contribution in [0.15, 0.2) is 5.03 Å². The molecule has 0 fully saturated rings. The molecule has 0 spiro atoms.